The fraction of sp³-hybridized carbons (Fsp3) is 0.292. The van der Waals surface area contributed by atoms with Crippen LogP contribution in [0.5, 0.6) is 5.75 Å². The van der Waals surface area contributed by atoms with Crippen LogP contribution in [0, 0.1) is 0 Å². The number of rotatable bonds is 6. The first-order valence-corrected chi connectivity index (χ1v) is 9.90. The van der Waals surface area contributed by atoms with Gasteiger partial charge in [0.1, 0.15) is 5.75 Å². The summed E-state index contributed by atoms with van der Waals surface area (Å²) in [7, 11) is 1.69. The molecule has 0 unspecified atom stereocenters. The Bertz CT molecular complexity index is 931. The average molecular weight is 374 g/mol. The second kappa shape index (κ2) is 9.00. The summed E-state index contributed by atoms with van der Waals surface area (Å²) in [6.07, 6.45) is 6.39. The quantitative estimate of drug-likeness (QED) is 0.651. The van der Waals surface area contributed by atoms with Gasteiger partial charge in [-0.1, -0.05) is 42.5 Å². The highest BCUT2D eigenvalue weighted by Crippen LogP contribution is 2.23. The molecule has 0 aliphatic carbocycles. The maximum atomic E-state index is 5.32. The van der Waals surface area contributed by atoms with Crippen molar-refractivity contribution in [1.29, 1.82) is 0 Å². The molecule has 2 heterocycles. The number of pyridine rings is 1. The van der Waals surface area contributed by atoms with Crippen molar-refractivity contribution < 1.29 is 4.74 Å². The van der Waals surface area contributed by atoms with Crippen molar-refractivity contribution in [2.75, 3.05) is 39.8 Å². The molecule has 4 rings (SSSR count). The van der Waals surface area contributed by atoms with Crippen molar-refractivity contribution >= 4 is 17.0 Å². The molecule has 0 saturated carbocycles. The van der Waals surface area contributed by atoms with E-state index in [-0.39, 0.29) is 0 Å². The van der Waals surface area contributed by atoms with E-state index >= 15 is 0 Å². The zero-order chi connectivity index (χ0) is 19.2. The summed E-state index contributed by atoms with van der Waals surface area (Å²) in [6, 6.07) is 18.8. The van der Waals surface area contributed by atoms with Crippen molar-refractivity contribution in [3.05, 3.63) is 78.0 Å². The molecule has 1 aliphatic heterocycles. The fourth-order valence-electron chi connectivity index (χ4n) is 3.72. The van der Waals surface area contributed by atoms with E-state index in [0.29, 0.717) is 0 Å². The van der Waals surface area contributed by atoms with E-state index in [2.05, 4.69) is 69.4 Å². The molecule has 2 aromatic carbocycles. The highest BCUT2D eigenvalue weighted by atomic mass is 16.5. The lowest BCUT2D eigenvalue weighted by Crippen LogP contribution is -2.45. The van der Waals surface area contributed by atoms with Crippen LogP contribution in [0.15, 0.2) is 66.9 Å². The summed E-state index contributed by atoms with van der Waals surface area (Å²) in [4.78, 5) is 9.56. The van der Waals surface area contributed by atoms with Crippen LogP contribution < -0.4 is 4.74 Å². The SMILES string of the molecule is COc1ccc2c(CN3CCN(C/C=C/c4ccccc4)CC3)ccnc2c1. The van der Waals surface area contributed by atoms with Gasteiger partial charge in [-0.15, -0.1) is 0 Å². The molecule has 0 atom stereocenters. The van der Waals surface area contributed by atoms with E-state index in [0.717, 1.165) is 50.5 Å². The van der Waals surface area contributed by atoms with Crippen molar-refractivity contribution in [2.45, 2.75) is 6.54 Å². The van der Waals surface area contributed by atoms with Crippen molar-refractivity contribution in [1.82, 2.24) is 14.8 Å². The number of hydrogen-bond acceptors (Lipinski definition) is 4. The Morgan fingerprint density at radius 1 is 0.964 bits per heavy atom. The van der Waals surface area contributed by atoms with E-state index in [1.165, 1.54) is 16.5 Å². The number of fused-ring (bicyclic) bond motifs is 1. The second-order valence-electron chi connectivity index (χ2n) is 7.24. The molecule has 1 saturated heterocycles. The molecule has 1 aromatic heterocycles. The van der Waals surface area contributed by atoms with Gasteiger partial charge in [0, 0.05) is 56.9 Å². The summed E-state index contributed by atoms with van der Waals surface area (Å²) in [5, 5.41) is 1.22. The van der Waals surface area contributed by atoms with Crippen LogP contribution in [0.4, 0.5) is 0 Å². The monoisotopic (exact) mass is 373 g/mol. The Labute approximate surface area is 167 Å². The molecule has 144 valence electrons. The van der Waals surface area contributed by atoms with Gasteiger partial charge in [-0.3, -0.25) is 14.8 Å². The lowest BCUT2D eigenvalue weighted by atomic mass is 10.1. The third-order valence-corrected chi connectivity index (χ3v) is 5.37. The number of hydrogen-bond donors (Lipinski definition) is 0. The molecular weight excluding hydrogens is 346 g/mol. The normalized spacial score (nSPS) is 16.0. The Kier molecular flexibility index (Phi) is 6.00. The standard InChI is InChI=1S/C24H27N3O/c1-28-22-9-10-23-21(11-12-25-24(23)18-22)19-27-16-14-26(15-17-27)13-5-8-20-6-3-2-4-7-20/h2-12,18H,13-17,19H2,1H3/b8-5+. The lowest BCUT2D eigenvalue weighted by Gasteiger charge is -2.34. The molecule has 0 amide bonds. The third kappa shape index (κ3) is 4.58. The predicted molar refractivity (Wildman–Crippen MR) is 115 cm³/mol. The zero-order valence-corrected chi connectivity index (χ0v) is 16.4. The van der Waals surface area contributed by atoms with Crippen LogP contribution in [0.2, 0.25) is 0 Å². The van der Waals surface area contributed by atoms with Gasteiger partial charge in [0.25, 0.3) is 0 Å². The van der Waals surface area contributed by atoms with Gasteiger partial charge in [0.2, 0.25) is 0 Å². The largest absolute Gasteiger partial charge is 0.497 e. The van der Waals surface area contributed by atoms with Gasteiger partial charge in [-0.05, 0) is 29.3 Å². The highest BCUT2D eigenvalue weighted by molar-refractivity contribution is 5.83. The first kappa shape index (κ1) is 18.7. The van der Waals surface area contributed by atoms with E-state index < -0.39 is 0 Å². The lowest BCUT2D eigenvalue weighted by molar-refractivity contribution is 0.137. The summed E-state index contributed by atoms with van der Waals surface area (Å²) >= 11 is 0. The summed E-state index contributed by atoms with van der Waals surface area (Å²) in [5.41, 5.74) is 3.61. The van der Waals surface area contributed by atoms with E-state index in [1.807, 2.05) is 18.3 Å². The van der Waals surface area contributed by atoms with Gasteiger partial charge in [0.05, 0.1) is 12.6 Å². The average Bonchev–Trinajstić information content (AvgIpc) is 2.75. The van der Waals surface area contributed by atoms with Gasteiger partial charge in [0.15, 0.2) is 0 Å². The first-order valence-electron chi connectivity index (χ1n) is 9.90. The summed E-state index contributed by atoms with van der Waals surface area (Å²) in [5.74, 6) is 0.856. The Balaban J connectivity index is 1.32. The third-order valence-electron chi connectivity index (χ3n) is 5.37. The van der Waals surface area contributed by atoms with Crippen LogP contribution in [0.25, 0.3) is 17.0 Å². The molecule has 28 heavy (non-hydrogen) atoms. The zero-order valence-electron chi connectivity index (χ0n) is 16.4. The number of aromatic nitrogens is 1. The van der Waals surface area contributed by atoms with Crippen LogP contribution in [-0.2, 0) is 6.54 Å². The number of benzene rings is 2. The number of piperazine rings is 1. The maximum Gasteiger partial charge on any atom is 0.121 e. The van der Waals surface area contributed by atoms with Gasteiger partial charge in [-0.2, -0.15) is 0 Å². The predicted octanol–water partition coefficient (Wildman–Crippen LogP) is 4.07. The minimum Gasteiger partial charge on any atom is -0.497 e. The number of methoxy groups -OCH3 is 1. The van der Waals surface area contributed by atoms with Crippen LogP contribution >= 0.6 is 0 Å². The second-order valence-corrected chi connectivity index (χ2v) is 7.24. The molecule has 3 aromatic rings. The van der Waals surface area contributed by atoms with Gasteiger partial charge < -0.3 is 4.74 Å². The van der Waals surface area contributed by atoms with Gasteiger partial charge >= 0.3 is 0 Å². The molecule has 4 heteroatoms. The number of nitrogens with zero attached hydrogens (tertiary/aromatic N) is 3. The molecule has 1 aliphatic rings. The smallest absolute Gasteiger partial charge is 0.121 e. The highest BCUT2D eigenvalue weighted by Gasteiger charge is 2.17. The minimum atomic E-state index is 0.856. The molecule has 0 radical (unpaired) electrons. The topological polar surface area (TPSA) is 28.6 Å². The molecule has 4 nitrogen and oxygen atoms in total. The molecular formula is C24H27N3O. The summed E-state index contributed by atoms with van der Waals surface area (Å²) in [6.45, 7) is 6.39. The fourth-order valence-corrected chi connectivity index (χ4v) is 3.72. The maximum absolute atomic E-state index is 5.32. The van der Waals surface area contributed by atoms with E-state index in [4.69, 9.17) is 4.74 Å². The molecule has 0 bridgehead atoms. The molecule has 1 fully saturated rings. The number of ether oxygens (including phenoxy) is 1. The van der Waals surface area contributed by atoms with Crippen LogP contribution in [-0.4, -0.2) is 54.6 Å². The Morgan fingerprint density at radius 3 is 2.54 bits per heavy atom. The van der Waals surface area contributed by atoms with Crippen molar-refractivity contribution in [2.24, 2.45) is 0 Å². The summed E-state index contributed by atoms with van der Waals surface area (Å²) < 4.78 is 5.32. The van der Waals surface area contributed by atoms with Crippen molar-refractivity contribution in [3.8, 4) is 5.75 Å². The molecule has 0 spiro atoms. The van der Waals surface area contributed by atoms with Crippen LogP contribution in [0.3, 0.4) is 0 Å². The first-order chi connectivity index (χ1) is 13.8. The van der Waals surface area contributed by atoms with Crippen molar-refractivity contribution in [3.63, 3.8) is 0 Å². The van der Waals surface area contributed by atoms with E-state index in [1.54, 1.807) is 7.11 Å². The minimum absolute atomic E-state index is 0.856. The Morgan fingerprint density at radius 2 is 1.75 bits per heavy atom. The molecule has 0 N–H and O–H groups in total. The van der Waals surface area contributed by atoms with Gasteiger partial charge in [-0.25, -0.2) is 0 Å². The van der Waals surface area contributed by atoms with E-state index in [9.17, 15) is 0 Å². The Hall–Kier alpha value is -2.69. The van der Waals surface area contributed by atoms with Crippen LogP contribution in [0.1, 0.15) is 11.1 Å².